The summed E-state index contributed by atoms with van der Waals surface area (Å²) in [5, 5.41) is 10.9. The van der Waals surface area contributed by atoms with E-state index in [9.17, 15) is 23.1 Å². The van der Waals surface area contributed by atoms with E-state index in [0.29, 0.717) is 10.9 Å². The highest BCUT2D eigenvalue weighted by Crippen LogP contribution is 2.43. The molecule has 2 heterocycles. The number of carbonyl (C=O) groups excluding carboxylic acids is 1. The predicted octanol–water partition coefficient (Wildman–Crippen LogP) is 3.34. The number of aromatic nitrogens is 2. The van der Waals surface area contributed by atoms with E-state index in [4.69, 9.17) is 0 Å². The van der Waals surface area contributed by atoms with Crippen molar-refractivity contribution in [3.05, 3.63) is 60.4 Å². The number of fused-ring (bicyclic) bond motifs is 1. The Balaban J connectivity index is 2.37. The zero-order valence-corrected chi connectivity index (χ0v) is 13.7. The van der Waals surface area contributed by atoms with Crippen LogP contribution >= 0.6 is 0 Å². The molecule has 1 unspecified atom stereocenters. The Morgan fingerprint density at radius 1 is 1.19 bits per heavy atom. The van der Waals surface area contributed by atoms with Gasteiger partial charge < -0.3 is 9.84 Å². The predicted molar refractivity (Wildman–Crippen MR) is 87.7 cm³/mol. The fourth-order valence-electron chi connectivity index (χ4n) is 2.75. The molecular formula is C18H15F3N2O3. The summed E-state index contributed by atoms with van der Waals surface area (Å²) in [4.78, 5) is 16.2. The second-order valence-electron chi connectivity index (χ2n) is 5.54. The molecule has 0 bridgehead atoms. The van der Waals surface area contributed by atoms with E-state index in [-0.39, 0.29) is 12.4 Å². The summed E-state index contributed by atoms with van der Waals surface area (Å²) in [7, 11) is 0. The maximum absolute atomic E-state index is 13.8. The second kappa shape index (κ2) is 6.45. The Labute approximate surface area is 146 Å². The van der Waals surface area contributed by atoms with Crippen LogP contribution in [0.15, 0.2) is 54.7 Å². The van der Waals surface area contributed by atoms with Gasteiger partial charge in [-0.25, -0.2) is 9.78 Å². The summed E-state index contributed by atoms with van der Waals surface area (Å²) in [6.07, 6.45) is -3.88. The second-order valence-corrected chi connectivity index (χ2v) is 5.54. The lowest BCUT2D eigenvalue weighted by molar-refractivity contribution is -0.269. The standard InChI is InChI=1S/C18H15F3N2O3/c1-2-26-16(24)17(25,18(19,20)21)14-11-12-7-3-4-8-13(12)23(14)15-9-5-6-10-22-15/h3-11,25H,2H2,1H3. The minimum absolute atomic E-state index is 0.135. The molecule has 8 heteroatoms. The number of esters is 1. The summed E-state index contributed by atoms with van der Waals surface area (Å²) in [5.41, 5.74) is -4.14. The van der Waals surface area contributed by atoms with E-state index < -0.39 is 23.4 Å². The Bertz CT molecular complexity index is 938. The third-order valence-corrected chi connectivity index (χ3v) is 3.94. The van der Waals surface area contributed by atoms with Gasteiger partial charge >= 0.3 is 12.1 Å². The summed E-state index contributed by atoms with van der Waals surface area (Å²) in [6, 6.07) is 12.3. The zero-order chi connectivity index (χ0) is 18.9. The molecule has 0 aliphatic rings. The van der Waals surface area contributed by atoms with Crippen LogP contribution in [0.3, 0.4) is 0 Å². The van der Waals surface area contributed by atoms with Crippen molar-refractivity contribution in [2.75, 3.05) is 6.61 Å². The summed E-state index contributed by atoms with van der Waals surface area (Å²) in [5.74, 6) is -1.65. The van der Waals surface area contributed by atoms with Crippen LogP contribution in [0.1, 0.15) is 12.6 Å². The topological polar surface area (TPSA) is 64.3 Å². The Morgan fingerprint density at radius 3 is 2.50 bits per heavy atom. The van der Waals surface area contributed by atoms with Gasteiger partial charge in [0.25, 0.3) is 5.60 Å². The first-order valence-corrected chi connectivity index (χ1v) is 7.79. The van der Waals surface area contributed by atoms with Gasteiger partial charge in [-0.2, -0.15) is 13.2 Å². The molecule has 26 heavy (non-hydrogen) atoms. The van der Waals surface area contributed by atoms with E-state index in [2.05, 4.69) is 9.72 Å². The number of para-hydroxylation sites is 1. The van der Waals surface area contributed by atoms with Gasteiger partial charge in [0.1, 0.15) is 5.82 Å². The highest BCUT2D eigenvalue weighted by atomic mass is 19.4. The van der Waals surface area contributed by atoms with E-state index in [0.717, 1.165) is 10.6 Å². The van der Waals surface area contributed by atoms with Gasteiger partial charge in [-0.1, -0.05) is 24.3 Å². The molecule has 0 aliphatic heterocycles. The number of aliphatic hydroxyl groups is 1. The largest absolute Gasteiger partial charge is 0.463 e. The van der Waals surface area contributed by atoms with Crippen molar-refractivity contribution in [3.8, 4) is 5.82 Å². The van der Waals surface area contributed by atoms with Crippen LogP contribution < -0.4 is 0 Å². The lowest BCUT2D eigenvalue weighted by atomic mass is 9.98. The van der Waals surface area contributed by atoms with Crippen LogP contribution in [0.5, 0.6) is 0 Å². The van der Waals surface area contributed by atoms with Gasteiger partial charge in [0.15, 0.2) is 0 Å². The van der Waals surface area contributed by atoms with Crippen LogP contribution in [-0.4, -0.2) is 33.4 Å². The maximum atomic E-state index is 13.8. The average molecular weight is 364 g/mol. The Hall–Kier alpha value is -2.87. The first-order chi connectivity index (χ1) is 12.3. The molecule has 0 radical (unpaired) electrons. The number of benzene rings is 1. The molecular weight excluding hydrogens is 349 g/mol. The first-order valence-electron chi connectivity index (χ1n) is 7.79. The smallest absolute Gasteiger partial charge is 0.434 e. The van der Waals surface area contributed by atoms with Crippen molar-refractivity contribution in [2.24, 2.45) is 0 Å². The minimum Gasteiger partial charge on any atom is -0.463 e. The third kappa shape index (κ3) is 2.72. The monoisotopic (exact) mass is 364 g/mol. The number of halogens is 3. The van der Waals surface area contributed by atoms with Crippen molar-refractivity contribution in [1.29, 1.82) is 0 Å². The van der Waals surface area contributed by atoms with Gasteiger partial charge in [0.05, 0.1) is 17.8 Å². The van der Waals surface area contributed by atoms with Crippen molar-refractivity contribution < 1.29 is 27.8 Å². The van der Waals surface area contributed by atoms with Crippen LogP contribution in [0, 0.1) is 0 Å². The summed E-state index contributed by atoms with van der Waals surface area (Å²) >= 11 is 0. The molecule has 0 spiro atoms. The molecule has 2 aromatic heterocycles. The third-order valence-electron chi connectivity index (χ3n) is 3.94. The minimum atomic E-state index is -5.29. The molecule has 3 aromatic rings. The fraction of sp³-hybridized carbons (Fsp3) is 0.222. The molecule has 0 aliphatic carbocycles. The molecule has 1 aromatic carbocycles. The van der Waals surface area contributed by atoms with E-state index in [1.165, 1.54) is 19.2 Å². The van der Waals surface area contributed by atoms with Crippen LogP contribution in [-0.2, 0) is 15.1 Å². The van der Waals surface area contributed by atoms with Crippen molar-refractivity contribution in [1.82, 2.24) is 9.55 Å². The Morgan fingerprint density at radius 2 is 1.88 bits per heavy atom. The maximum Gasteiger partial charge on any atom is 0.434 e. The molecule has 0 saturated heterocycles. The number of hydrogen-bond acceptors (Lipinski definition) is 4. The zero-order valence-electron chi connectivity index (χ0n) is 13.7. The lowest BCUT2D eigenvalue weighted by Gasteiger charge is -2.29. The van der Waals surface area contributed by atoms with Crippen LogP contribution in [0.25, 0.3) is 16.7 Å². The van der Waals surface area contributed by atoms with Gasteiger partial charge in [0.2, 0.25) is 0 Å². The number of ether oxygens (including phenoxy) is 1. The summed E-state index contributed by atoms with van der Waals surface area (Å²) in [6.45, 7) is 1.06. The average Bonchev–Trinajstić information content (AvgIpc) is 3.00. The number of hydrogen-bond donors (Lipinski definition) is 1. The van der Waals surface area contributed by atoms with Crippen LogP contribution in [0.2, 0.25) is 0 Å². The van der Waals surface area contributed by atoms with E-state index in [1.54, 1.807) is 36.4 Å². The molecule has 0 amide bonds. The van der Waals surface area contributed by atoms with Crippen molar-refractivity contribution in [3.63, 3.8) is 0 Å². The molecule has 1 N–H and O–H groups in total. The number of alkyl halides is 3. The first kappa shape index (κ1) is 17.9. The molecule has 0 fully saturated rings. The molecule has 1 atom stereocenters. The highest BCUT2D eigenvalue weighted by Gasteiger charge is 2.64. The molecule has 0 saturated carbocycles. The Kier molecular flexibility index (Phi) is 4.45. The van der Waals surface area contributed by atoms with Crippen LogP contribution in [0.4, 0.5) is 13.2 Å². The molecule has 3 rings (SSSR count). The van der Waals surface area contributed by atoms with Gasteiger partial charge in [-0.3, -0.25) is 4.57 Å². The molecule has 136 valence electrons. The lowest BCUT2D eigenvalue weighted by Crippen LogP contribution is -2.51. The fourth-order valence-corrected chi connectivity index (χ4v) is 2.75. The van der Waals surface area contributed by atoms with Gasteiger partial charge in [0, 0.05) is 11.6 Å². The normalized spacial score (nSPS) is 14.2. The SMILES string of the molecule is CCOC(=O)C(O)(c1cc2ccccc2n1-c1ccccn1)C(F)(F)F. The number of pyridine rings is 1. The van der Waals surface area contributed by atoms with Gasteiger partial charge in [-0.15, -0.1) is 0 Å². The van der Waals surface area contributed by atoms with E-state index >= 15 is 0 Å². The highest BCUT2D eigenvalue weighted by molar-refractivity contribution is 5.88. The number of nitrogens with zero attached hydrogens (tertiary/aromatic N) is 2. The van der Waals surface area contributed by atoms with Gasteiger partial charge in [-0.05, 0) is 31.2 Å². The van der Waals surface area contributed by atoms with E-state index in [1.807, 2.05) is 0 Å². The number of carbonyl (C=O) groups is 1. The summed E-state index contributed by atoms with van der Waals surface area (Å²) < 4.78 is 47.1. The van der Waals surface area contributed by atoms with Crippen molar-refractivity contribution >= 4 is 16.9 Å². The quantitative estimate of drug-likeness (QED) is 0.721. The number of rotatable bonds is 4. The molecule has 5 nitrogen and oxygen atoms in total. The van der Waals surface area contributed by atoms with Crippen molar-refractivity contribution in [2.45, 2.75) is 18.7 Å².